The van der Waals surface area contributed by atoms with Gasteiger partial charge in [0.1, 0.15) is 5.82 Å². The number of hydrogen-bond donors (Lipinski definition) is 0. The molecule has 0 spiro atoms. The second-order valence-corrected chi connectivity index (χ2v) is 18.8. The summed E-state index contributed by atoms with van der Waals surface area (Å²) in [6.07, 6.45) is 6.60. The van der Waals surface area contributed by atoms with Gasteiger partial charge in [-0.15, -0.1) is 10.2 Å². The molecule has 0 radical (unpaired) electrons. The molecule has 0 saturated carbocycles. The number of hydrogen-bond acceptors (Lipinski definition) is 2. The number of benzene rings is 4. The molecule has 5 rings (SSSR count). The molecule has 0 bridgehead atoms. The van der Waals surface area contributed by atoms with Gasteiger partial charge in [-0.1, -0.05) is 163 Å². The third-order valence-corrected chi connectivity index (χ3v) is 11.3. The van der Waals surface area contributed by atoms with Crippen LogP contribution in [0.2, 0.25) is 0 Å². The van der Waals surface area contributed by atoms with Crippen molar-refractivity contribution in [3.63, 3.8) is 0 Å². The molecule has 0 atom stereocenters. The molecule has 0 aliphatic carbocycles. The predicted octanol–water partition coefficient (Wildman–Crippen LogP) is 14.4. The molecule has 0 saturated heterocycles. The van der Waals surface area contributed by atoms with Crippen LogP contribution in [0.1, 0.15) is 155 Å². The fraction of sp³-hybridized carbons (Fsp3) is 0.480. The van der Waals surface area contributed by atoms with Crippen LogP contribution in [0, 0.1) is 13.8 Å². The van der Waals surface area contributed by atoms with E-state index in [0.29, 0.717) is 0 Å². The Labute approximate surface area is 322 Å². The first-order valence-electron chi connectivity index (χ1n) is 20.3. The van der Waals surface area contributed by atoms with Crippen LogP contribution in [0.25, 0.3) is 39.3 Å². The van der Waals surface area contributed by atoms with Crippen LogP contribution in [-0.4, -0.2) is 14.8 Å². The summed E-state index contributed by atoms with van der Waals surface area (Å²) in [5.74, 6) is 2.03. The Morgan fingerprint density at radius 2 is 1.04 bits per heavy atom. The lowest BCUT2D eigenvalue weighted by molar-refractivity contribution is 0.304. The van der Waals surface area contributed by atoms with Crippen LogP contribution in [0.5, 0.6) is 0 Å². The third kappa shape index (κ3) is 8.40. The average molecular weight is 710 g/mol. The normalized spacial score (nSPS) is 12.8. The summed E-state index contributed by atoms with van der Waals surface area (Å²) >= 11 is 0. The second kappa shape index (κ2) is 15.4. The van der Waals surface area contributed by atoms with E-state index < -0.39 is 0 Å². The van der Waals surface area contributed by atoms with Crippen LogP contribution < -0.4 is 0 Å². The van der Waals surface area contributed by atoms with Gasteiger partial charge in [0.25, 0.3) is 0 Å². The largest absolute Gasteiger partial charge is 0.278 e. The van der Waals surface area contributed by atoms with E-state index in [1.54, 1.807) is 0 Å². The number of aromatic nitrogens is 3. The predicted molar refractivity (Wildman–Crippen MR) is 230 cm³/mol. The molecule has 1 heterocycles. The zero-order valence-electron chi connectivity index (χ0n) is 35.6. The van der Waals surface area contributed by atoms with E-state index in [4.69, 9.17) is 10.2 Å². The smallest absolute Gasteiger partial charge is 0.168 e. The van der Waals surface area contributed by atoms with Gasteiger partial charge in [0, 0.05) is 11.0 Å². The Bertz CT molecular complexity index is 1980. The summed E-state index contributed by atoms with van der Waals surface area (Å²) in [6, 6.07) is 30.0. The van der Waals surface area contributed by atoms with Gasteiger partial charge >= 0.3 is 0 Å². The molecule has 4 aromatic carbocycles. The summed E-state index contributed by atoms with van der Waals surface area (Å²) in [4.78, 5) is 0. The summed E-state index contributed by atoms with van der Waals surface area (Å²) < 4.78 is 2.47. The van der Waals surface area contributed by atoms with Crippen molar-refractivity contribution in [3.05, 3.63) is 113 Å². The highest BCUT2D eigenvalue weighted by molar-refractivity contribution is 5.77. The lowest BCUT2D eigenvalue weighted by Gasteiger charge is -2.34. The van der Waals surface area contributed by atoms with Crippen molar-refractivity contribution in [3.8, 4) is 39.3 Å². The zero-order chi connectivity index (χ0) is 38.9. The maximum atomic E-state index is 5.22. The van der Waals surface area contributed by atoms with Gasteiger partial charge in [-0.25, -0.2) is 0 Å². The van der Waals surface area contributed by atoms with Gasteiger partial charge < -0.3 is 0 Å². The first-order chi connectivity index (χ1) is 24.8. The summed E-state index contributed by atoms with van der Waals surface area (Å²) in [6.45, 7) is 32.2. The van der Waals surface area contributed by atoms with Gasteiger partial charge in [-0.3, -0.25) is 4.57 Å². The molecular formula is C50H67N3. The molecule has 3 heteroatoms. The first-order valence-corrected chi connectivity index (χ1v) is 20.3. The van der Waals surface area contributed by atoms with Gasteiger partial charge in [-0.05, 0) is 118 Å². The Hall–Kier alpha value is -3.98. The van der Waals surface area contributed by atoms with Crippen molar-refractivity contribution in [2.24, 2.45) is 0 Å². The fourth-order valence-electron chi connectivity index (χ4n) is 8.53. The molecule has 5 aromatic rings. The molecule has 53 heavy (non-hydrogen) atoms. The topological polar surface area (TPSA) is 30.7 Å². The molecule has 3 nitrogen and oxygen atoms in total. The van der Waals surface area contributed by atoms with E-state index in [0.717, 1.165) is 55.7 Å². The lowest BCUT2D eigenvalue weighted by Crippen LogP contribution is -2.31. The third-order valence-electron chi connectivity index (χ3n) is 11.3. The summed E-state index contributed by atoms with van der Waals surface area (Å²) in [7, 11) is 0. The van der Waals surface area contributed by atoms with Crippen molar-refractivity contribution >= 4 is 0 Å². The Morgan fingerprint density at radius 3 is 1.55 bits per heavy atom. The highest BCUT2D eigenvalue weighted by atomic mass is 15.3. The maximum Gasteiger partial charge on any atom is 0.168 e. The monoisotopic (exact) mass is 710 g/mol. The molecule has 0 amide bonds. The minimum absolute atomic E-state index is 0.0618. The molecule has 282 valence electrons. The van der Waals surface area contributed by atoms with E-state index >= 15 is 0 Å². The lowest BCUT2D eigenvalue weighted by atomic mass is 9.74. The number of nitrogens with zero attached hydrogens (tertiary/aromatic N) is 3. The molecular weight excluding hydrogens is 643 g/mol. The van der Waals surface area contributed by atoms with Crippen molar-refractivity contribution in [2.45, 2.75) is 157 Å². The van der Waals surface area contributed by atoms with Gasteiger partial charge in [0.15, 0.2) is 5.82 Å². The van der Waals surface area contributed by atoms with Crippen LogP contribution in [0.3, 0.4) is 0 Å². The first kappa shape index (κ1) is 40.2. The van der Waals surface area contributed by atoms with Gasteiger partial charge in [0.2, 0.25) is 0 Å². The van der Waals surface area contributed by atoms with E-state index in [2.05, 4.69) is 180 Å². The Kier molecular flexibility index (Phi) is 11.7. The van der Waals surface area contributed by atoms with Gasteiger partial charge in [-0.2, -0.15) is 0 Å². The Morgan fingerprint density at radius 1 is 0.509 bits per heavy atom. The van der Waals surface area contributed by atoms with Crippen LogP contribution in [0.4, 0.5) is 0 Å². The standard InChI is InChI=1S/C50H67N3/c1-15-27-50(28-16-2,29-17-3)46-52-51-45(39-20-18-19-38(32-39)44-34(4)30-41(31-35(44)5)48(9,10)11)53(46)43-26-23-37(33-42(43)49(12,13)14)36-21-24-40(25-22-36)47(6,7)8/h18-26,30-33H,15-17,27-29H2,1-14H3. The van der Waals surface area contributed by atoms with Crippen molar-refractivity contribution in [1.29, 1.82) is 0 Å². The minimum atomic E-state index is -0.122. The highest BCUT2D eigenvalue weighted by Crippen LogP contribution is 2.44. The van der Waals surface area contributed by atoms with Crippen molar-refractivity contribution in [1.82, 2.24) is 14.8 Å². The van der Waals surface area contributed by atoms with E-state index in [1.165, 1.54) is 55.8 Å². The van der Waals surface area contributed by atoms with Crippen molar-refractivity contribution < 1.29 is 0 Å². The van der Waals surface area contributed by atoms with Gasteiger partial charge in [0.05, 0.1) is 5.69 Å². The fourth-order valence-corrected chi connectivity index (χ4v) is 8.53. The van der Waals surface area contributed by atoms with Crippen molar-refractivity contribution in [2.75, 3.05) is 0 Å². The molecule has 0 unspecified atom stereocenters. The second-order valence-electron chi connectivity index (χ2n) is 18.8. The molecule has 1 aromatic heterocycles. The Balaban J connectivity index is 1.78. The molecule has 0 N–H and O–H groups in total. The zero-order valence-corrected chi connectivity index (χ0v) is 35.6. The SMILES string of the molecule is CCCC(CCC)(CCC)c1nnc(-c2cccc(-c3c(C)cc(C(C)(C)C)cc3C)c2)n1-c1ccc(-c2ccc(C(C)(C)C)cc2)cc1C(C)(C)C. The maximum absolute atomic E-state index is 5.22. The molecule has 0 aliphatic rings. The quantitative estimate of drug-likeness (QED) is 0.137. The minimum Gasteiger partial charge on any atom is -0.278 e. The van der Waals surface area contributed by atoms with E-state index in [-0.39, 0.29) is 21.7 Å². The average Bonchev–Trinajstić information content (AvgIpc) is 3.53. The van der Waals surface area contributed by atoms with E-state index in [1.807, 2.05) is 0 Å². The molecule has 0 aliphatic heterocycles. The molecule has 0 fully saturated rings. The van der Waals surface area contributed by atoms with Crippen LogP contribution in [-0.2, 0) is 21.7 Å². The summed E-state index contributed by atoms with van der Waals surface area (Å²) in [5, 5.41) is 10.4. The number of rotatable bonds is 11. The van der Waals surface area contributed by atoms with E-state index in [9.17, 15) is 0 Å². The van der Waals surface area contributed by atoms with Crippen LogP contribution in [0.15, 0.2) is 78.9 Å². The summed E-state index contributed by atoms with van der Waals surface area (Å²) in [5.41, 5.74) is 14.0. The number of aryl methyl sites for hydroxylation is 2. The highest BCUT2D eigenvalue weighted by Gasteiger charge is 2.37. The van der Waals surface area contributed by atoms with Crippen LogP contribution >= 0.6 is 0 Å².